The highest BCUT2D eigenvalue weighted by molar-refractivity contribution is 5.98. The molecule has 0 saturated carbocycles. The van der Waals surface area contributed by atoms with Crippen LogP contribution in [0.1, 0.15) is 29.4 Å². The van der Waals surface area contributed by atoms with E-state index in [4.69, 9.17) is 4.74 Å². The van der Waals surface area contributed by atoms with Gasteiger partial charge < -0.3 is 19.2 Å². The number of aromatic amines is 1. The van der Waals surface area contributed by atoms with E-state index in [1.807, 2.05) is 41.7 Å². The summed E-state index contributed by atoms with van der Waals surface area (Å²) in [5, 5.41) is 1.02. The minimum atomic E-state index is 0.0509. The Bertz CT molecular complexity index is 853. The Morgan fingerprint density at radius 3 is 3.08 bits per heavy atom. The van der Waals surface area contributed by atoms with E-state index in [0.717, 1.165) is 36.0 Å². The molecule has 1 saturated heterocycles. The number of likely N-dealkylation sites (tertiary alicyclic amines) is 1. The summed E-state index contributed by atoms with van der Waals surface area (Å²) in [7, 11) is 1.64. The number of carbonyl (C=O) groups excluding carboxylic acids is 1. The normalized spacial score (nSPS) is 18.0. The lowest BCUT2D eigenvalue weighted by Gasteiger charge is -2.33. The van der Waals surface area contributed by atoms with Crippen LogP contribution in [0.4, 0.5) is 0 Å². The van der Waals surface area contributed by atoms with Crippen LogP contribution in [0, 0.1) is 0 Å². The molecule has 4 rings (SSSR count). The zero-order valence-corrected chi connectivity index (χ0v) is 13.6. The van der Waals surface area contributed by atoms with Crippen LogP contribution >= 0.6 is 0 Å². The van der Waals surface area contributed by atoms with Crippen molar-refractivity contribution >= 4 is 16.8 Å². The number of methoxy groups -OCH3 is 1. The van der Waals surface area contributed by atoms with Crippen molar-refractivity contribution in [3.63, 3.8) is 0 Å². The second-order valence-electron chi connectivity index (χ2n) is 6.19. The first-order valence-electron chi connectivity index (χ1n) is 8.18. The van der Waals surface area contributed by atoms with Crippen LogP contribution in [0.5, 0.6) is 5.75 Å². The van der Waals surface area contributed by atoms with E-state index in [0.29, 0.717) is 18.3 Å². The second kappa shape index (κ2) is 6.03. The average Bonchev–Trinajstić information content (AvgIpc) is 3.30. The van der Waals surface area contributed by atoms with E-state index in [9.17, 15) is 4.79 Å². The Kier molecular flexibility index (Phi) is 3.72. The number of ether oxygens (including phenoxy) is 1. The topological polar surface area (TPSA) is 63.1 Å². The summed E-state index contributed by atoms with van der Waals surface area (Å²) in [5.41, 5.74) is 1.55. The highest BCUT2D eigenvalue weighted by Crippen LogP contribution is 2.25. The molecule has 6 nitrogen and oxygen atoms in total. The van der Waals surface area contributed by atoms with Crippen LogP contribution in [-0.2, 0) is 0 Å². The number of H-pyrrole nitrogens is 1. The zero-order chi connectivity index (χ0) is 16.5. The first-order valence-corrected chi connectivity index (χ1v) is 8.18. The number of rotatable bonds is 3. The molecule has 1 aliphatic heterocycles. The van der Waals surface area contributed by atoms with E-state index in [-0.39, 0.29) is 5.91 Å². The van der Waals surface area contributed by atoms with E-state index < -0.39 is 0 Å². The number of piperidine rings is 1. The molecule has 1 atom stereocenters. The van der Waals surface area contributed by atoms with Crippen molar-refractivity contribution in [3.05, 3.63) is 48.7 Å². The molecule has 124 valence electrons. The molecule has 1 aliphatic rings. The molecule has 1 aromatic carbocycles. The number of hydrogen-bond donors (Lipinski definition) is 1. The quantitative estimate of drug-likeness (QED) is 0.806. The van der Waals surface area contributed by atoms with Gasteiger partial charge in [-0.25, -0.2) is 4.98 Å². The van der Waals surface area contributed by atoms with Gasteiger partial charge in [0.15, 0.2) is 0 Å². The lowest BCUT2D eigenvalue weighted by atomic mass is 10.1. The van der Waals surface area contributed by atoms with Gasteiger partial charge in [-0.15, -0.1) is 0 Å². The average molecular weight is 324 g/mol. The summed E-state index contributed by atoms with van der Waals surface area (Å²) in [4.78, 5) is 22.1. The number of amides is 1. The fourth-order valence-electron chi connectivity index (χ4n) is 3.39. The van der Waals surface area contributed by atoms with E-state index in [2.05, 4.69) is 14.5 Å². The zero-order valence-electron chi connectivity index (χ0n) is 13.6. The van der Waals surface area contributed by atoms with Crippen LogP contribution in [-0.4, -0.2) is 45.5 Å². The van der Waals surface area contributed by atoms with Gasteiger partial charge in [0.1, 0.15) is 11.4 Å². The summed E-state index contributed by atoms with van der Waals surface area (Å²) in [6.45, 7) is 1.51. The van der Waals surface area contributed by atoms with Gasteiger partial charge in [-0.1, -0.05) is 0 Å². The molecule has 1 N–H and O–H groups in total. The summed E-state index contributed by atoms with van der Waals surface area (Å²) >= 11 is 0. The third kappa shape index (κ3) is 2.64. The van der Waals surface area contributed by atoms with Crippen molar-refractivity contribution in [3.8, 4) is 5.75 Å². The molecule has 1 unspecified atom stereocenters. The predicted octanol–water partition coefficient (Wildman–Crippen LogP) is 2.85. The number of carbonyl (C=O) groups is 1. The summed E-state index contributed by atoms with van der Waals surface area (Å²) < 4.78 is 7.33. The number of hydrogen-bond acceptors (Lipinski definition) is 3. The first kappa shape index (κ1) is 14.8. The second-order valence-corrected chi connectivity index (χ2v) is 6.19. The van der Waals surface area contributed by atoms with Crippen LogP contribution in [0.25, 0.3) is 10.9 Å². The van der Waals surface area contributed by atoms with Gasteiger partial charge in [-0.05, 0) is 31.0 Å². The Hall–Kier alpha value is -2.76. The molecule has 1 amide bonds. The van der Waals surface area contributed by atoms with Gasteiger partial charge >= 0.3 is 0 Å². The molecule has 3 heterocycles. The van der Waals surface area contributed by atoms with Crippen LogP contribution < -0.4 is 4.74 Å². The van der Waals surface area contributed by atoms with E-state index >= 15 is 0 Å². The van der Waals surface area contributed by atoms with Crippen molar-refractivity contribution in [1.82, 2.24) is 19.4 Å². The first-order chi connectivity index (χ1) is 11.7. The summed E-state index contributed by atoms with van der Waals surface area (Å²) in [6.07, 6.45) is 7.65. The molecule has 0 radical (unpaired) electrons. The Labute approximate surface area is 140 Å². The number of aromatic nitrogens is 3. The number of benzene rings is 1. The number of nitrogens with zero attached hydrogens (tertiary/aromatic N) is 3. The lowest BCUT2D eigenvalue weighted by Crippen LogP contribution is -2.40. The highest BCUT2D eigenvalue weighted by atomic mass is 16.5. The minimum Gasteiger partial charge on any atom is -0.497 e. The monoisotopic (exact) mass is 324 g/mol. The lowest BCUT2D eigenvalue weighted by molar-refractivity contribution is 0.0674. The highest BCUT2D eigenvalue weighted by Gasteiger charge is 2.26. The van der Waals surface area contributed by atoms with Gasteiger partial charge in [0, 0.05) is 42.5 Å². The van der Waals surface area contributed by atoms with Gasteiger partial charge in [0.2, 0.25) is 0 Å². The van der Waals surface area contributed by atoms with Crippen molar-refractivity contribution in [2.24, 2.45) is 0 Å². The Morgan fingerprint density at radius 2 is 2.29 bits per heavy atom. The maximum Gasteiger partial charge on any atom is 0.270 e. The molecule has 1 fully saturated rings. The van der Waals surface area contributed by atoms with Gasteiger partial charge in [-0.2, -0.15) is 0 Å². The molecule has 0 bridgehead atoms. The molecular formula is C18H20N4O2. The van der Waals surface area contributed by atoms with Gasteiger partial charge in [-0.3, -0.25) is 4.79 Å². The molecule has 2 aromatic heterocycles. The van der Waals surface area contributed by atoms with Crippen molar-refractivity contribution < 1.29 is 9.53 Å². The molecule has 3 aromatic rings. The van der Waals surface area contributed by atoms with Gasteiger partial charge in [0.05, 0.1) is 19.5 Å². The van der Waals surface area contributed by atoms with E-state index in [1.54, 1.807) is 13.3 Å². The third-order valence-corrected chi connectivity index (χ3v) is 4.69. The van der Waals surface area contributed by atoms with E-state index in [1.165, 1.54) is 0 Å². The SMILES string of the molecule is COc1ccc2cc(C(=O)N3CCCC(n4ccnc4)C3)[nH]c2c1. The fraction of sp³-hybridized carbons (Fsp3) is 0.333. The van der Waals surface area contributed by atoms with Crippen LogP contribution in [0.3, 0.4) is 0 Å². The molecular weight excluding hydrogens is 304 g/mol. The molecule has 24 heavy (non-hydrogen) atoms. The fourth-order valence-corrected chi connectivity index (χ4v) is 3.39. The van der Waals surface area contributed by atoms with Crippen molar-refractivity contribution in [1.29, 1.82) is 0 Å². The summed E-state index contributed by atoms with van der Waals surface area (Å²) in [5.74, 6) is 0.830. The minimum absolute atomic E-state index is 0.0509. The van der Waals surface area contributed by atoms with Crippen LogP contribution in [0.2, 0.25) is 0 Å². The van der Waals surface area contributed by atoms with Crippen LogP contribution in [0.15, 0.2) is 43.0 Å². The van der Waals surface area contributed by atoms with Crippen molar-refractivity contribution in [2.75, 3.05) is 20.2 Å². The molecule has 6 heteroatoms. The van der Waals surface area contributed by atoms with Crippen molar-refractivity contribution in [2.45, 2.75) is 18.9 Å². The Morgan fingerprint density at radius 1 is 1.38 bits per heavy atom. The molecule has 0 aliphatic carbocycles. The van der Waals surface area contributed by atoms with Gasteiger partial charge in [0.25, 0.3) is 5.91 Å². The molecule has 0 spiro atoms. The summed E-state index contributed by atoms with van der Waals surface area (Å²) in [6, 6.07) is 8.00. The third-order valence-electron chi connectivity index (χ3n) is 4.69. The number of imidazole rings is 1. The predicted molar refractivity (Wildman–Crippen MR) is 91.3 cm³/mol. The maximum atomic E-state index is 12.9. The number of fused-ring (bicyclic) bond motifs is 1. The number of nitrogens with one attached hydrogen (secondary N) is 1. The maximum absolute atomic E-state index is 12.9. The smallest absolute Gasteiger partial charge is 0.270 e. The standard InChI is InChI=1S/C18H20N4O2/c1-24-15-5-4-13-9-17(20-16(13)10-15)18(23)21-7-2-3-14(11-21)22-8-6-19-12-22/h4-6,8-10,12,14,20H,2-3,7,11H2,1H3. The largest absolute Gasteiger partial charge is 0.497 e. The Balaban J connectivity index is 1.56.